The maximum Gasteiger partial charge on any atom is 0.135 e. The Hall–Kier alpha value is -3.78. The molecule has 0 radical (unpaired) electrons. The number of rotatable bonds is 1. The Bertz CT molecular complexity index is 1600. The van der Waals surface area contributed by atoms with Crippen molar-refractivity contribution in [3.05, 3.63) is 91.0 Å². The molecular weight excluding hydrogens is 342 g/mol. The summed E-state index contributed by atoms with van der Waals surface area (Å²) in [6, 6.07) is 32.3. The number of aromatic nitrogens is 1. The lowest BCUT2D eigenvalue weighted by molar-refractivity contribution is 0.669. The average Bonchev–Trinajstić information content (AvgIpc) is 3.28. The minimum Gasteiger partial charge on any atom is -0.456 e. The van der Waals surface area contributed by atoms with Crippen molar-refractivity contribution in [1.82, 2.24) is 4.57 Å². The fraction of sp³-hybridized carbons (Fsp3) is 0. The number of para-hydroxylation sites is 1. The molecule has 0 aliphatic carbocycles. The second-order valence-corrected chi connectivity index (χ2v) is 7.43. The number of nitrogens with zero attached hydrogens (tertiary/aromatic N) is 1. The Kier molecular flexibility index (Phi) is 2.52. The lowest BCUT2D eigenvalue weighted by atomic mass is 10.0. The molecule has 0 saturated carbocycles. The van der Waals surface area contributed by atoms with Gasteiger partial charge in [-0.1, -0.05) is 54.6 Å². The van der Waals surface area contributed by atoms with Crippen molar-refractivity contribution in [1.29, 1.82) is 0 Å². The second-order valence-electron chi connectivity index (χ2n) is 7.43. The molecule has 28 heavy (non-hydrogen) atoms. The third-order valence-corrected chi connectivity index (χ3v) is 5.94. The minimum atomic E-state index is 0.929. The molecule has 0 aliphatic heterocycles. The maximum atomic E-state index is 6.03. The molecule has 130 valence electrons. The van der Waals surface area contributed by atoms with E-state index in [9.17, 15) is 0 Å². The van der Waals surface area contributed by atoms with Crippen LogP contribution >= 0.6 is 0 Å². The lowest BCUT2D eigenvalue weighted by Gasteiger charge is -2.08. The Morgan fingerprint density at radius 2 is 1.21 bits per heavy atom. The summed E-state index contributed by atoms with van der Waals surface area (Å²) in [4.78, 5) is 0. The molecule has 0 aliphatic rings. The van der Waals surface area contributed by atoms with Crippen molar-refractivity contribution in [3.63, 3.8) is 0 Å². The zero-order valence-corrected chi connectivity index (χ0v) is 15.0. The van der Waals surface area contributed by atoms with Gasteiger partial charge in [0.1, 0.15) is 11.2 Å². The molecule has 0 N–H and O–H groups in total. The molecule has 7 aromatic rings. The smallest absolute Gasteiger partial charge is 0.135 e. The van der Waals surface area contributed by atoms with E-state index < -0.39 is 0 Å². The maximum absolute atomic E-state index is 6.03. The summed E-state index contributed by atoms with van der Waals surface area (Å²) in [6.45, 7) is 0. The molecule has 2 heteroatoms. The number of hydrogen-bond acceptors (Lipinski definition) is 1. The Morgan fingerprint density at radius 3 is 1.96 bits per heavy atom. The molecule has 0 amide bonds. The molecule has 0 fully saturated rings. The van der Waals surface area contributed by atoms with E-state index in [1.54, 1.807) is 0 Å². The zero-order chi connectivity index (χ0) is 18.2. The zero-order valence-electron chi connectivity index (χ0n) is 15.0. The third-order valence-electron chi connectivity index (χ3n) is 5.94. The third kappa shape index (κ3) is 1.68. The molecule has 0 bridgehead atoms. The highest BCUT2D eigenvalue weighted by Crippen LogP contribution is 2.39. The van der Waals surface area contributed by atoms with Gasteiger partial charge in [0.05, 0.1) is 11.0 Å². The average molecular weight is 357 g/mol. The quantitative estimate of drug-likeness (QED) is 0.282. The van der Waals surface area contributed by atoms with Crippen molar-refractivity contribution >= 4 is 54.5 Å². The predicted octanol–water partition coefficient (Wildman–Crippen LogP) is 7.27. The van der Waals surface area contributed by atoms with Crippen LogP contribution in [0.3, 0.4) is 0 Å². The molecule has 0 spiro atoms. The van der Waals surface area contributed by atoms with Crippen LogP contribution in [0.5, 0.6) is 0 Å². The minimum absolute atomic E-state index is 0.929. The van der Waals surface area contributed by atoms with Crippen molar-refractivity contribution in [3.8, 4) is 5.69 Å². The van der Waals surface area contributed by atoms with E-state index in [0.717, 1.165) is 27.6 Å². The number of furan rings is 1. The van der Waals surface area contributed by atoms with E-state index in [0.29, 0.717) is 0 Å². The van der Waals surface area contributed by atoms with Crippen LogP contribution in [0.25, 0.3) is 60.2 Å². The van der Waals surface area contributed by atoms with Gasteiger partial charge in [0.25, 0.3) is 0 Å². The van der Waals surface area contributed by atoms with E-state index >= 15 is 0 Å². The normalized spacial score (nSPS) is 12.3. The van der Waals surface area contributed by atoms with Crippen molar-refractivity contribution in [2.24, 2.45) is 0 Å². The summed E-state index contributed by atoms with van der Waals surface area (Å²) in [6.07, 6.45) is 0. The summed E-state index contributed by atoms with van der Waals surface area (Å²) < 4.78 is 8.41. The molecule has 2 nitrogen and oxygen atoms in total. The highest BCUT2D eigenvalue weighted by molar-refractivity contribution is 6.24. The Balaban J connectivity index is 1.67. The molecule has 5 aromatic carbocycles. The fourth-order valence-electron chi connectivity index (χ4n) is 4.75. The Labute approximate surface area is 160 Å². The van der Waals surface area contributed by atoms with E-state index in [2.05, 4.69) is 83.4 Å². The van der Waals surface area contributed by atoms with Crippen LogP contribution in [0, 0.1) is 0 Å². The van der Waals surface area contributed by atoms with E-state index in [4.69, 9.17) is 4.42 Å². The van der Waals surface area contributed by atoms with E-state index in [1.807, 2.05) is 12.1 Å². The first-order valence-corrected chi connectivity index (χ1v) is 9.54. The van der Waals surface area contributed by atoms with E-state index in [1.165, 1.54) is 32.6 Å². The second kappa shape index (κ2) is 4.93. The van der Waals surface area contributed by atoms with Crippen molar-refractivity contribution < 1.29 is 4.42 Å². The monoisotopic (exact) mass is 357 g/mol. The van der Waals surface area contributed by atoms with Crippen LogP contribution in [0.2, 0.25) is 0 Å². The summed E-state index contributed by atoms with van der Waals surface area (Å²) in [5.74, 6) is 0. The first kappa shape index (κ1) is 14.3. The number of benzene rings is 5. The largest absolute Gasteiger partial charge is 0.456 e. The molecule has 2 aromatic heterocycles. The van der Waals surface area contributed by atoms with Gasteiger partial charge in [0, 0.05) is 27.2 Å². The van der Waals surface area contributed by atoms with Gasteiger partial charge in [0.15, 0.2) is 0 Å². The summed E-state index contributed by atoms with van der Waals surface area (Å²) in [5.41, 5.74) is 5.52. The topological polar surface area (TPSA) is 18.1 Å². The van der Waals surface area contributed by atoms with Crippen LogP contribution in [-0.2, 0) is 0 Å². The molecule has 0 saturated heterocycles. The van der Waals surface area contributed by atoms with Crippen molar-refractivity contribution in [2.45, 2.75) is 0 Å². The number of hydrogen-bond donors (Lipinski definition) is 0. The van der Waals surface area contributed by atoms with Crippen LogP contribution < -0.4 is 0 Å². The van der Waals surface area contributed by atoms with Crippen LogP contribution in [0.1, 0.15) is 0 Å². The highest BCUT2D eigenvalue weighted by Gasteiger charge is 2.17. The van der Waals surface area contributed by atoms with Gasteiger partial charge in [-0.25, -0.2) is 0 Å². The van der Waals surface area contributed by atoms with Gasteiger partial charge >= 0.3 is 0 Å². The molecule has 2 heterocycles. The molecular formula is C26H15NO. The molecule has 7 rings (SSSR count). The number of fused-ring (bicyclic) bond motifs is 3. The van der Waals surface area contributed by atoms with Crippen LogP contribution in [0.4, 0.5) is 0 Å². The molecule has 0 unspecified atom stereocenters. The summed E-state index contributed by atoms with van der Waals surface area (Å²) >= 11 is 0. The van der Waals surface area contributed by atoms with Crippen LogP contribution in [-0.4, -0.2) is 4.57 Å². The summed E-state index contributed by atoms with van der Waals surface area (Å²) in [5, 5.41) is 7.57. The van der Waals surface area contributed by atoms with Gasteiger partial charge in [0.2, 0.25) is 0 Å². The highest BCUT2D eigenvalue weighted by atomic mass is 16.3. The van der Waals surface area contributed by atoms with Gasteiger partial charge in [-0.2, -0.15) is 0 Å². The fourth-order valence-corrected chi connectivity index (χ4v) is 4.75. The first-order chi connectivity index (χ1) is 13.9. The van der Waals surface area contributed by atoms with Crippen LogP contribution in [0.15, 0.2) is 95.4 Å². The van der Waals surface area contributed by atoms with Crippen molar-refractivity contribution in [2.75, 3.05) is 0 Å². The van der Waals surface area contributed by atoms with Gasteiger partial charge in [-0.3, -0.25) is 0 Å². The van der Waals surface area contributed by atoms with Gasteiger partial charge in [-0.05, 0) is 47.2 Å². The predicted molar refractivity (Wildman–Crippen MR) is 117 cm³/mol. The SMILES string of the molecule is c1ccc2c(c1)oc1ccc(-n3c4cccc5ccc6cccc3c6c54)cc12. The summed E-state index contributed by atoms with van der Waals surface area (Å²) in [7, 11) is 0. The standard InChI is InChI=1S/C26H15NO/c1-2-10-23-19(7-1)20-15-18(13-14-24(20)28-23)27-21-8-3-5-16-11-12-17-6-4-9-22(27)26(17)25(16)21/h1-15H. The van der Waals surface area contributed by atoms with Gasteiger partial charge < -0.3 is 8.98 Å². The lowest BCUT2D eigenvalue weighted by Crippen LogP contribution is -1.93. The Morgan fingerprint density at radius 1 is 0.536 bits per heavy atom. The van der Waals surface area contributed by atoms with Gasteiger partial charge in [-0.15, -0.1) is 0 Å². The molecule has 0 atom stereocenters. The first-order valence-electron chi connectivity index (χ1n) is 9.54. The van der Waals surface area contributed by atoms with E-state index in [-0.39, 0.29) is 0 Å².